The van der Waals surface area contributed by atoms with Crippen molar-refractivity contribution in [3.05, 3.63) is 77.3 Å². The third-order valence-electron chi connectivity index (χ3n) is 2.71. The van der Waals surface area contributed by atoms with Crippen LogP contribution in [-0.4, -0.2) is 18.7 Å². The van der Waals surface area contributed by atoms with Crippen LogP contribution in [0.4, 0.5) is 0 Å². The molecule has 0 saturated heterocycles. The first-order valence-corrected chi connectivity index (χ1v) is 6.99. The van der Waals surface area contributed by atoms with Gasteiger partial charge < -0.3 is 4.74 Å². The second kappa shape index (κ2) is 8.00. The highest BCUT2D eigenvalue weighted by molar-refractivity contribution is 6.30. The van der Waals surface area contributed by atoms with Gasteiger partial charge in [0.05, 0.1) is 6.21 Å². The lowest BCUT2D eigenvalue weighted by molar-refractivity contribution is 0.0955. The fourth-order valence-corrected chi connectivity index (χ4v) is 1.86. The molecule has 2 rings (SSSR count). The molecule has 0 atom stereocenters. The van der Waals surface area contributed by atoms with E-state index < -0.39 is 0 Å². The van der Waals surface area contributed by atoms with Gasteiger partial charge in [0.15, 0.2) is 0 Å². The number of benzene rings is 2. The number of ether oxygens (including phenoxy) is 1. The van der Waals surface area contributed by atoms with Crippen molar-refractivity contribution >= 4 is 23.7 Å². The predicted molar refractivity (Wildman–Crippen MR) is 88.6 cm³/mol. The molecular formula is C17H15ClN2O2. The van der Waals surface area contributed by atoms with E-state index in [2.05, 4.69) is 17.1 Å². The highest BCUT2D eigenvalue weighted by Crippen LogP contribution is 2.11. The molecule has 2 aromatic carbocycles. The molecule has 4 nitrogen and oxygen atoms in total. The van der Waals surface area contributed by atoms with Crippen LogP contribution in [0.2, 0.25) is 5.02 Å². The van der Waals surface area contributed by atoms with Crippen LogP contribution in [0.15, 0.2) is 66.3 Å². The van der Waals surface area contributed by atoms with Crippen molar-refractivity contribution in [3.63, 3.8) is 0 Å². The summed E-state index contributed by atoms with van der Waals surface area (Å²) in [5, 5.41) is 4.42. The van der Waals surface area contributed by atoms with E-state index in [-0.39, 0.29) is 5.91 Å². The van der Waals surface area contributed by atoms with E-state index in [1.807, 2.05) is 24.3 Å². The maximum Gasteiger partial charge on any atom is 0.271 e. The number of halogens is 1. The third kappa shape index (κ3) is 4.75. The standard InChI is InChI=1S/C17H15ClN2O2/c1-2-10-22-16-8-6-13(7-9-16)12-19-20-17(21)14-4-3-5-15(18)11-14/h2-9,11-12H,1,10H2,(H,20,21)/b19-12-. The lowest BCUT2D eigenvalue weighted by Gasteiger charge is -2.03. The van der Waals surface area contributed by atoms with Gasteiger partial charge in [0.1, 0.15) is 12.4 Å². The molecule has 0 saturated carbocycles. The molecule has 0 aromatic heterocycles. The van der Waals surface area contributed by atoms with Crippen LogP contribution < -0.4 is 10.2 Å². The molecule has 5 heteroatoms. The van der Waals surface area contributed by atoms with Crippen LogP contribution in [0, 0.1) is 0 Å². The Balaban J connectivity index is 1.91. The molecule has 0 fully saturated rings. The van der Waals surface area contributed by atoms with E-state index >= 15 is 0 Å². The van der Waals surface area contributed by atoms with Gasteiger partial charge in [-0.3, -0.25) is 4.79 Å². The fraction of sp³-hybridized carbons (Fsp3) is 0.0588. The van der Waals surface area contributed by atoms with Crippen molar-refractivity contribution in [2.75, 3.05) is 6.61 Å². The number of hydrogen-bond donors (Lipinski definition) is 1. The van der Waals surface area contributed by atoms with Gasteiger partial charge >= 0.3 is 0 Å². The minimum absolute atomic E-state index is 0.315. The highest BCUT2D eigenvalue weighted by atomic mass is 35.5. The summed E-state index contributed by atoms with van der Waals surface area (Å²) in [5.41, 5.74) is 3.75. The summed E-state index contributed by atoms with van der Waals surface area (Å²) in [6.45, 7) is 4.05. The maximum atomic E-state index is 11.8. The van der Waals surface area contributed by atoms with Gasteiger partial charge in [-0.1, -0.05) is 30.3 Å². The Morgan fingerprint density at radius 3 is 2.73 bits per heavy atom. The molecule has 0 spiro atoms. The normalized spacial score (nSPS) is 10.4. The van der Waals surface area contributed by atoms with E-state index in [1.54, 1.807) is 36.6 Å². The minimum atomic E-state index is -0.315. The number of rotatable bonds is 6. The Hall–Kier alpha value is -2.59. The molecule has 0 aliphatic heterocycles. The fourth-order valence-electron chi connectivity index (χ4n) is 1.66. The molecule has 1 N–H and O–H groups in total. The van der Waals surface area contributed by atoms with Gasteiger partial charge in [0, 0.05) is 10.6 Å². The molecule has 0 bridgehead atoms. The SMILES string of the molecule is C=CCOc1ccc(/C=N\NC(=O)c2cccc(Cl)c2)cc1. The van der Waals surface area contributed by atoms with Crippen molar-refractivity contribution in [1.29, 1.82) is 0 Å². The van der Waals surface area contributed by atoms with Crippen LogP contribution in [-0.2, 0) is 0 Å². The molecular weight excluding hydrogens is 300 g/mol. The van der Waals surface area contributed by atoms with Gasteiger partial charge in [-0.05, 0) is 48.0 Å². The zero-order valence-electron chi connectivity index (χ0n) is 11.8. The van der Waals surface area contributed by atoms with Gasteiger partial charge in [0.25, 0.3) is 5.91 Å². The first kappa shape index (κ1) is 15.8. The Morgan fingerprint density at radius 2 is 2.05 bits per heavy atom. The number of nitrogens with one attached hydrogen (secondary N) is 1. The first-order valence-electron chi connectivity index (χ1n) is 6.62. The Kier molecular flexibility index (Phi) is 5.74. The van der Waals surface area contributed by atoms with Crippen molar-refractivity contribution in [2.24, 2.45) is 5.10 Å². The largest absolute Gasteiger partial charge is 0.490 e. The van der Waals surface area contributed by atoms with Crippen LogP contribution in [0.25, 0.3) is 0 Å². The molecule has 0 unspecified atom stereocenters. The van der Waals surface area contributed by atoms with Gasteiger partial charge in [-0.25, -0.2) is 5.43 Å². The molecule has 112 valence electrons. The van der Waals surface area contributed by atoms with Gasteiger partial charge in [-0.15, -0.1) is 0 Å². The molecule has 0 heterocycles. The number of hydrogen-bond acceptors (Lipinski definition) is 3. The predicted octanol–water partition coefficient (Wildman–Crippen LogP) is 3.67. The number of carbonyl (C=O) groups is 1. The van der Waals surface area contributed by atoms with Crippen molar-refractivity contribution in [2.45, 2.75) is 0 Å². The van der Waals surface area contributed by atoms with Crippen molar-refractivity contribution < 1.29 is 9.53 Å². The van der Waals surface area contributed by atoms with Crippen molar-refractivity contribution in [1.82, 2.24) is 5.43 Å². The summed E-state index contributed by atoms with van der Waals surface area (Å²) in [5.74, 6) is 0.435. The average Bonchev–Trinajstić information content (AvgIpc) is 2.54. The zero-order chi connectivity index (χ0) is 15.8. The van der Waals surface area contributed by atoms with Crippen LogP contribution in [0.1, 0.15) is 15.9 Å². The quantitative estimate of drug-likeness (QED) is 0.502. The highest BCUT2D eigenvalue weighted by Gasteiger charge is 2.03. The Morgan fingerprint density at radius 1 is 1.27 bits per heavy atom. The summed E-state index contributed by atoms with van der Waals surface area (Å²) >= 11 is 5.83. The second-order valence-electron chi connectivity index (χ2n) is 4.38. The van der Waals surface area contributed by atoms with Crippen molar-refractivity contribution in [3.8, 4) is 5.75 Å². The topological polar surface area (TPSA) is 50.7 Å². The Bertz CT molecular complexity index is 681. The van der Waals surface area contributed by atoms with E-state index in [0.29, 0.717) is 17.2 Å². The van der Waals surface area contributed by atoms with Crippen LogP contribution in [0.5, 0.6) is 5.75 Å². The lowest BCUT2D eigenvalue weighted by Crippen LogP contribution is -2.17. The molecule has 22 heavy (non-hydrogen) atoms. The summed E-state index contributed by atoms with van der Waals surface area (Å²) < 4.78 is 5.38. The maximum absolute atomic E-state index is 11.8. The number of carbonyl (C=O) groups excluding carboxylic acids is 1. The second-order valence-corrected chi connectivity index (χ2v) is 4.81. The zero-order valence-corrected chi connectivity index (χ0v) is 12.6. The number of amides is 1. The summed E-state index contributed by atoms with van der Waals surface area (Å²) in [4.78, 5) is 11.8. The molecule has 0 aliphatic carbocycles. The summed E-state index contributed by atoms with van der Waals surface area (Å²) in [7, 11) is 0. The Labute approximate surface area is 134 Å². The molecule has 0 radical (unpaired) electrons. The number of hydrazone groups is 1. The van der Waals surface area contributed by atoms with Crippen LogP contribution >= 0.6 is 11.6 Å². The molecule has 1 amide bonds. The van der Waals surface area contributed by atoms with E-state index in [1.165, 1.54) is 0 Å². The van der Waals surface area contributed by atoms with Gasteiger partial charge in [-0.2, -0.15) is 5.10 Å². The average molecular weight is 315 g/mol. The number of nitrogens with zero attached hydrogens (tertiary/aromatic N) is 1. The van der Waals surface area contributed by atoms with Crippen LogP contribution in [0.3, 0.4) is 0 Å². The van der Waals surface area contributed by atoms with Gasteiger partial charge in [0.2, 0.25) is 0 Å². The minimum Gasteiger partial charge on any atom is -0.490 e. The smallest absolute Gasteiger partial charge is 0.271 e. The monoisotopic (exact) mass is 314 g/mol. The summed E-state index contributed by atoms with van der Waals surface area (Å²) in [6, 6.07) is 14.0. The first-order chi connectivity index (χ1) is 10.7. The molecule has 2 aromatic rings. The van der Waals surface area contributed by atoms with E-state index in [0.717, 1.165) is 11.3 Å². The van der Waals surface area contributed by atoms with E-state index in [4.69, 9.17) is 16.3 Å². The van der Waals surface area contributed by atoms with E-state index in [9.17, 15) is 4.79 Å². The summed E-state index contributed by atoms with van der Waals surface area (Å²) in [6.07, 6.45) is 3.24. The lowest BCUT2D eigenvalue weighted by atomic mass is 10.2. The molecule has 0 aliphatic rings. The third-order valence-corrected chi connectivity index (χ3v) is 2.95.